The first-order valence-electron chi connectivity index (χ1n) is 7.99. The minimum absolute atomic E-state index is 0.0305. The molecule has 1 saturated heterocycles. The van der Waals surface area contributed by atoms with Gasteiger partial charge in [-0.3, -0.25) is 19.2 Å². The minimum Gasteiger partial charge on any atom is -0.366 e. The number of amides is 3. The van der Waals surface area contributed by atoms with Crippen molar-refractivity contribution in [2.45, 2.75) is 6.92 Å². The number of primary amides is 1. The Morgan fingerprint density at radius 1 is 1.04 bits per heavy atom. The number of H-pyrrole nitrogens is 1. The van der Waals surface area contributed by atoms with Crippen molar-refractivity contribution in [1.29, 1.82) is 0 Å². The Hall–Kier alpha value is -3.23. The highest BCUT2D eigenvalue weighted by Crippen LogP contribution is 2.26. The average Bonchev–Trinajstić information content (AvgIpc) is 3.06. The number of rotatable bonds is 3. The lowest BCUT2D eigenvalue weighted by Gasteiger charge is -2.33. The zero-order valence-electron chi connectivity index (χ0n) is 14.0. The first-order chi connectivity index (χ1) is 12.3. The second-order valence-corrected chi connectivity index (χ2v) is 6.04. The van der Waals surface area contributed by atoms with Gasteiger partial charge in [-0.05, 0) is 12.1 Å². The zero-order valence-corrected chi connectivity index (χ0v) is 14.0. The lowest BCUT2D eigenvalue weighted by Crippen LogP contribution is -2.51. The molecule has 0 saturated carbocycles. The van der Waals surface area contributed by atoms with E-state index in [1.165, 1.54) is 24.1 Å². The predicted octanol–water partition coefficient (Wildman–Crippen LogP) is 0.279. The Morgan fingerprint density at radius 3 is 2.23 bits per heavy atom. The lowest BCUT2D eigenvalue weighted by atomic mass is 10.0. The van der Waals surface area contributed by atoms with Gasteiger partial charge in [0.05, 0.1) is 16.6 Å². The highest BCUT2D eigenvalue weighted by atomic mass is 19.1. The summed E-state index contributed by atoms with van der Waals surface area (Å²) in [6, 6.07) is 2.25. The summed E-state index contributed by atoms with van der Waals surface area (Å²) in [5.41, 5.74) is 5.21. The van der Waals surface area contributed by atoms with Gasteiger partial charge in [-0.15, -0.1) is 0 Å². The van der Waals surface area contributed by atoms with Crippen molar-refractivity contribution in [2.75, 3.05) is 26.2 Å². The number of carbonyl (C=O) groups is 4. The summed E-state index contributed by atoms with van der Waals surface area (Å²) in [7, 11) is 0. The highest BCUT2D eigenvalue weighted by molar-refractivity contribution is 6.45. The topological polar surface area (TPSA) is 117 Å². The molecule has 8 nitrogen and oxygen atoms in total. The summed E-state index contributed by atoms with van der Waals surface area (Å²) < 4.78 is 14.2. The molecule has 2 heterocycles. The summed E-state index contributed by atoms with van der Waals surface area (Å²) in [5.74, 6) is -3.27. The standard InChI is InChI=1S/C17H17FN4O4/c1-9(23)21-4-6-22(7-5-21)17(26)15(24)11-8-20-14-10(16(19)25)2-3-12(18)13(11)14/h2-3,8,20H,4-7H2,1H3,(H2,19,25). The number of hydrogen-bond donors (Lipinski definition) is 2. The Bertz CT molecular complexity index is 928. The minimum atomic E-state index is -0.881. The van der Waals surface area contributed by atoms with Crippen LogP contribution in [0.1, 0.15) is 27.6 Å². The van der Waals surface area contributed by atoms with Crippen molar-refractivity contribution in [3.63, 3.8) is 0 Å². The number of piperazine rings is 1. The largest absolute Gasteiger partial charge is 0.366 e. The number of ketones is 1. The summed E-state index contributed by atoms with van der Waals surface area (Å²) >= 11 is 0. The van der Waals surface area contributed by atoms with Crippen LogP contribution in [0.3, 0.4) is 0 Å². The fourth-order valence-electron chi connectivity index (χ4n) is 3.07. The molecule has 1 aromatic heterocycles. The molecule has 1 aromatic carbocycles. The van der Waals surface area contributed by atoms with Gasteiger partial charge in [0.1, 0.15) is 5.82 Å². The number of nitrogens with one attached hydrogen (secondary N) is 1. The first kappa shape index (κ1) is 17.6. The van der Waals surface area contributed by atoms with Crippen molar-refractivity contribution in [3.05, 3.63) is 35.3 Å². The van der Waals surface area contributed by atoms with Crippen molar-refractivity contribution in [1.82, 2.24) is 14.8 Å². The van der Waals surface area contributed by atoms with E-state index < -0.39 is 23.4 Å². The van der Waals surface area contributed by atoms with Crippen LogP contribution >= 0.6 is 0 Å². The maximum Gasteiger partial charge on any atom is 0.295 e. The van der Waals surface area contributed by atoms with Crippen molar-refractivity contribution in [2.24, 2.45) is 5.73 Å². The molecular weight excluding hydrogens is 343 g/mol. The molecular formula is C17H17FN4O4. The SMILES string of the molecule is CC(=O)N1CCN(C(=O)C(=O)c2c[nH]c3c(C(N)=O)ccc(F)c23)CC1. The number of hydrogen-bond acceptors (Lipinski definition) is 4. The fraction of sp³-hybridized carbons (Fsp3) is 0.294. The van der Waals surface area contributed by atoms with Gasteiger partial charge in [-0.2, -0.15) is 0 Å². The van der Waals surface area contributed by atoms with Crippen molar-refractivity contribution in [3.8, 4) is 0 Å². The van der Waals surface area contributed by atoms with E-state index in [1.807, 2.05) is 0 Å². The number of nitrogens with two attached hydrogens (primary N) is 1. The van der Waals surface area contributed by atoms with Crippen LogP contribution < -0.4 is 5.73 Å². The molecule has 0 atom stereocenters. The van der Waals surface area contributed by atoms with Crippen LogP contribution in [0.25, 0.3) is 10.9 Å². The van der Waals surface area contributed by atoms with Crippen LogP contribution in [-0.4, -0.2) is 64.5 Å². The predicted molar refractivity (Wildman–Crippen MR) is 89.9 cm³/mol. The molecule has 1 aliphatic heterocycles. The Labute approximate surface area is 147 Å². The molecule has 0 aliphatic carbocycles. The molecule has 136 valence electrons. The normalized spacial score (nSPS) is 14.5. The zero-order chi connectivity index (χ0) is 19.0. The van der Waals surface area contributed by atoms with Crippen molar-refractivity contribution < 1.29 is 23.6 Å². The van der Waals surface area contributed by atoms with E-state index in [0.717, 1.165) is 6.07 Å². The average molecular weight is 360 g/mol. The summed E-state index contributed by atoms with van der Waals surface area (Å²) in [4.78, 5) is 53.4. The smallest absolute Gasteiger partial charge is 0.295 e. The molecule has 1 fully saturated rings. The van der Waals surface area contributed by atoms with Crippen LogP contribution in [0.15, 0.2) is 18.3 Å². The van der Waals surface area contributed by atoms with Gasteiger partial charge in [-0.1, -0.05) is 0 Å². The second kappa shape index (κ2) is 6.58. The Morgan fingerprint density at radius 2 is 1.65 bits per heavy atom. The van der Waals surface area contributed by atoms with Gasteiger partial charge < -0.3 is 20.5 Å². The number of fused-ring (bicyclic) bond motifs is 1. The van der Waals surface area contributed by atoms with E-state index >= 15 is 0 Å². The molecule has 3 amide bonds. The third-order valence-electron chi connectivity index (χ3n) is 4.50. The molecule has 1 aliphatic rings. The van der Waals surface area contributed by atoms with Crippen LogP contribution in [0.4, 0.5) is 4.39 Å². The maximum atomic E-state index is 14.2. The van der Waals surface area contributed by atoms with Crippen LogP contribution in [0.2, 0.25) is 0 Å². The second-order valence-electron chi connectivity index (χ2n) is 6.04. The van der Waals surface area contributed by atoms with E-state index in [0.29, 0.717) is 13.1 Å². The van der Waals surface area contributed by atoms with Gasteiger partial charge in [0.15, 0.2) is 0 Å². The summed E-state index contributed by atoms with van der Waals surface area (Å²) in [6.07, 6.45) is 1.20. The van der Waals surface area contributed by atoms with E-state index in [-0.39, 0.29) is 41.0 Å². The van der Waals surface area contributed by atoms with Gasteiger partial charge in [0.2, 0.25) is 5.91 Å². The molecule has 0 bridgehead atoms. The third-order valence-corrected chi connectivity index (χ3v) is 4.50. The number of halogens is 1. The molecule has 3 rings (SSSR count). The van der Waals surface area contributed by atoms with Gasteiger partial charge in [-0.25, -0.2) is 4.39 Å². The molecule has 9 heteroatoms. The van der Waals surface area contributed by atoms with E-state index in [2.05, 4.69) is 4.98 Å². The number of benzene rings is 1. The monoisotopic (exact) mass is 360 g/mol. The quantitative estimate of drug-likeness (QED) is 0.604. The number of nitrogens with zero attached hydrogens (tertiary/aromatic N) is 2. The van der Waals surface area contributed by atoms with Gasteiger partial charge >= 0.3 is 0 Å². The molecule has 26 heavy (non-hydrogen) atoms. The maximum absolute atomic E-state index is 14.2. The number of aromatic amines is 1. The number of aromatic nitrogens is 1. The van der Waals surface area contributed by atoms with Gasteiger partial charge in [0, 0.05) is 44.7 Å². The number of carbonyl (C=O) groups excluding carboxylic acids is 4. The number of Topliss-reactive ketones (excluding diaryl/α,β-unsaturated/α-hetero) is 1. The molecule has 0 unspecified atom stereocenters. The highest BCUT2D eigenvalue weighted by Gasteiger charge is 2.30. The Kier molecular flexibility index (Phi) is 4.45. The molecule has 0 radical (unpaired) electrons. The van der Waals surface area contributed by atoms with Crippen LogP contribution in [0.5, 0.6) is 0 Å². The van der Waals surface area contributed by atoms with E-state index in [9.17, 15) is 23.6 Å². The fourth-order valence-corrected chi connectivity index (χ4v) is 3.07. The van der Waals surface area contributed by atoms with Gasteiger partial charge in [0.25, 0.3) is 17.6 Å². The molecule has 2 aromatic rings. The van der Waals surface area contributed by atoms with E-state index in [4.69, 9.17) is 5.73 Å². The lowest BCUT2D eigenvalue weighted by molar-refractivity contribution is -0.135. The van der Waals surface area contributed by atoms with Crippen molar-refractivity contribution >= 4 is 34.4 Å². The first-order valence-corrected chi connectivity index (χ1v) is 7.99. The van der Waals surface area contributed by atoms with Crippen LogP contribution in [-0.2, 0) is 9.59 Å². The summed E-state index contributed by atoms with van der Waals surface area (Å²) in [5, 5.41) is -0.137. The third kappa shape index (κ3) is 2.92. The van der Waals surface area contributed by atoms with E-state index in [1.54, 1.807) is 4.90 Å². The molecule has 3 N–H and O–H groups in total. The molecule has 0 spiro atoms. The van der Waals surface area contributed by atoms with Crippen LogP contribution in [0, 0.1) is 5.82 Å². The summed E-state index contributed by atoms with van der Waals surface area (Å²) in [6.45, 7) is 2.56. The Balaban J connectivity index is 1.89.